The summed E-state index contributed by atoms with van der Waals surface area (Å²) in [5, 5.41) is 1.08. The van der Waals surface area contributed by atoms with E-state index in [1.807, 2.05) is 19.1 Å². The Labute approximate surface area is 193 Å². The highest BCUT2D eigenvalue weighted by Crippen LogP contribution is 2.28. The van der Waals surface area contributed by atoms with Gasteiger partial charge < -0.3 is 19.5 Å². The van der Waals surface area contributed by atoms with Gasteiger partial charge in [-0.25, -0.2) is 4.98 Å². The first-order chi connectivity index (χ1) is 15.5. The number of nitrogens with zero attached hydrogens (tertiary/aromatic N) is 3. The predicted molar refractivity (Wildman–Crippen MR) is 123 cm³/mol. The number of aromatic amines is 1. The molecule has 1 aliphatic heterocycles. The molecule has 10 heteroatoms. The van der Waals surface area contributed by atoms with Crippen LogP contribution in [-0.2, 0) is 16.1 Å². The minimum Gasteiger partial charge on any atom is -0.474 e. The zero-order valence-electron chi connectivity index (χ0n) is 17.5. The lowest BCUT2D eigenvalue weighted by molar-refractivity contribution is -0.153. The van der Waals surface area contributed by atoms with Crippen LogP contribution in [0.15, 0.2) is 41.5 Å². The first kappa shape index (κ1) is 22.3. The molecule has 168 valence electrons. The molecule has 0 aliphatic carbocycles. The number of carbonyl (C=O) groups is 2. The summed E-state index contributed by atoms with van der Waals surface area (Å²) in [5.74, 6) is -0.292. The Morgan fingerprint density at radius 1 is 1.28 bits per heavy atom. The van der Waals surface area contributed by atoms with E-state index >= 15 is 0 Å². The average molecular weight is 475 g/mol. The molecule has 32 heavy (non-hydrogen) atoms. The number of aromatic nitrogens is 2. The predicted octanol–water partition coefficient (Wildman–Crippen LogP) is 3.06. The largest absolute Gasteiger partial charge is 0.474 e. The van der Waals surface area contributed by atoms with Crippen LogP contribution in [0.3, 0.4) is 0 Å². The number of benzene rings is 1. The molecule has 1 unspecified atom stereocenters. The smallest absolute Gasteiger partial charge is 0.261 e. The summed E-state index contributed by atoms with van der Waals surface area (Å²) >= 11 is 7.16. The van der Waals surface area contributed by atoms with Gasteiger partial charge >= 0.3 is 0 Å². The van der Waals surface area contributed by atoms with Crippen LogP contribution in [0.5, 0.6) is 5.06 Å². The maximum atomic E-state index is 13.2. The van der Waals surface area contributed by atoms with E-state index in [2.05, 4.69) is 9.97 Å². The number of amides is 2. The zero-order chi connectivity index (χ0) is 22.7. The van der Waals surface area contributed by atoms with Crippen molar-refractivity contribution in [3.05, 3.63) is 56.9 Å². The third kappa shape index (κ3) is 4.78. The Hall–Kier alpha value is -2.91. The van der Waals surface area contributed by atoms with E-state index in [1.165, 1.54) is 17.7 Å². The van der Waals surface area contributed by atoms with Gasteiger partial charge in [0.05, 0.1) is 21.6 Å². The normalized spacial score (nSPS) is 16.6. The SMILES string of the molecule is CCCC1C(=O)N(Cc2ccc3c(=O)[nH]cnc3c2)CCN1C(=O)COc1ccc(Cl)s1. The molecule has 8 nitrogen and oxygen atoms in total. The van der Waals surface area contributed by atoms with Gasteiger partial charge in [0.1, 0.15) is 6.04 Å². The van der Waals surface area contributed by atoms with Gasteiger partial charge in [-0.05, 0) is 36.2 Å². The van der Waals surface area contributed by atoms with E-state index in [4.69, 9.17) is 16.3 Å². The van der Waals surface area contributed by atoms with Crippen molar-refractivity contribution in [2.24, 2.45) is 0 Å². The fraction of sp³-hybridized carbons (Fsp3) is 0.364. The lowest BCUT2D eigenvalue weighted by Gasteiger charge is -2.40. The Morgan fingerprint density at radius 3 is 2.88 bits per heavy atom. The third-order valence-electron chi connectivity index (χ3n) is 5.43. The standard InChI is InChI=1S/C22H23ClN4O4S/c1-2-3-17-22(30)26(11-14-4-5-15-16(10-14)24-13-25-21(15)29)8-9-27(17)19(28)12-31-20-7-6-18(23)32-20/h4-7,10,13,17H,2-3,8-9,11-12H2,1H3,(H,24,25,29). The molecular weight excluding hydrogens is 452 g/mol. The number of carbonyl (C=O) groups excluding carboxylic acids is 2. The topological polar surface area (TPSA) is 95.6 Å². The molecule has 1 saturated heterocycles. The molecular formula is C22H23ClN4O4S. The van der Waals surface area contributed by atoms with Crippen molar-refractivity contribution in [1.82, 2.24) is 19.8 Å². The molecule has 2 amide bonds. The molecule has 0 bridgehead atoms. The number of hydrogen-bond donors (Lipinski definition) is 1. The Morgan fingerprint density at radius 2 is 2.12 bits per heavy atom. The van der Waals surface area contributed by atoms with E-state index < -0.39 is 6.04 Å². The summed E-state index contributed by atoms with van der Waals surface area (Å²) < 4.78 is 6.15. The summed E-state index contributed by atoms with van der Waals surface area (Å²) in [6.07, 6.45) is 2.73. The van der Waals surface area contributed by atoms with Crippen molar-refractivity contribution in [2.45, 2.75) is 32.4 Å². The monoisotopic (exact) mass is 474 g/mol. The van der Waals surface area contributed by atoms with Gasteiger partial charge in [-0.3, -0.25) is 14.4 Å². The fourth-order valence-corrected chi connectivity index (χ4v) is 4.74. The van der Waals surface area contributed by atoms with E-state index in [1.54, 1.807) is 28.0 Å². The number of ether oxygens (including phenoxy) is 1. The fourth-order valence-electron chi connectivity index (χ4n) is 3.87. The molecule has 1 aromatic carbocycles. The lowest BCUT2D eigenvalue weighted by atomic mass is 10.0. The van der Waals surface area contributed by atoms with Crippen LogP contribution in [0.25, 0.3) is 10.9 Å². The highest BCUT2D eigenvalue weighted by molar-refractivity contribution is 7.17. The van der Waals surface area contributed by atoms with Crippen LogP contribution in [0, 0.1) is 0 Å². The van der Waals surface area contributed by atoms with Gasteiger partial charge in [-0.1, -0.05) is 42.3 Å². The minimum absolute atomic E-state index is 0.0791. The quantitative estimate of drug-likeness (QED) is 0.567. The van der Waals surface area contributed by atoms with E-state index in [0.717, 1.165) is 12.0 Å². The molecule has 1 atom stereocenters. The van der Waals surface area contributed by atoms with E-state index in [9.17, 15) is 14.4 Å². The number of rotatable bonds is 7. The number of halogens is 1. The van der Waals surface area contributed by atoms with Gasteiger partial charge in [0.25, 0.3) is 11.5 Å². The second-order valence-electron chi connectivity index (χ2n) is 7.58. The average Bonchev–Trinajstić information content (AvgIpc) is 3.20. The van der Waals surface area contributed by atoms with Crippen LogP contribution < -0.4 is 10.3 Å². The number of piperazine rings is 1. The number of fused-ring (bicyclic) bond motifs is 1. The van der Waals surface area contributed by atoms with Crippen molar-refractivity contribution in [2.75, 3.05) is 19.7 Å². The molecule has 3 aromatic rings. The molecule has 3 heterocycles. The number of nitrogens with one attached hydrogen (secondary N) is 1. The molecule has 0 spiro atoms. The van der Waals surface area contributed by atoms with Gasteiger partial charge in [0.2, 0.25) is 5.91 Å². The summed E-state index contributed by atoms with van der Waals surface area (Å²) in [7, 11) is 0. The Kier molecular flexibility index (Phi) is 6.76. The highest BCUT2D eigenvalue weighted by atomic mass is 35.5. The lowest BCUT2D eigenvalue weighted by Crippen LogP contribution is -2.59. The summed E-state index contributed by atoms with van der Waals surface area (Å²) in [6.45, 7) is 3.13. The summed E-state index contributed by atoms with van der Waals surface area (Å²) in [6, 6.07) is 8.30. The van der Waals surface area contributed by atoms with Crippen molar-refractivity contribution >= 4 is 45.7 Å². The van der Waals surface area contributed by atoms with Crippen molar-refractivity contribution in [1.29, 1.82) is 0 Å². The van der Waals surface area contributed by atoms with Crippen LogP contribution in [0.4, 0.5) is 0 Å². The van der Waals surface area contributed by atoms with Gasteiger partial charge in [-0.15, -0.1) is 0 Å². The van der Waals surface area contributed by atoms with Crippen LogP contribution in [0.1, 0.15) is 25.3 Å². The van der Waals surface area contributed by atoms with Gasteiger partial charge in [0, 0.05) is 19.6 Å². The van der Waals surface area contributed by atoms with Gasteiger partial charge in [0.15, 0.2) is 11.7 Å². The molecule has 0 radical (unpaired) electrons. The third-order valence-corrected chi connectivity index (χ3v) is 6.58. The van der Waals surface area contributed by atoms with Crippen molar-refractivity contribution in [3.8, 4) is 5.06 Å². The summed E-state index contributed by atoms with van der Waals surface area (Å²) in [5.41, 5.74) is 1.28. The number of thiophene rings is 1. The minimum atomic E-state index is -0.516. The van der Waals surface area contributed by atoms with Gasteiger partial charge in [-0.2, -0.15) is 0 Å². The second-order valence-corrected chi connectivity index (χ2v) is 9.26. The van der Waals surface area contributed by atoms with Crippen molar-refractivity contribution in [3.63, 3.8) is 0 Å². The first-order valence-electron chi connectivity index (χ1n) is 10.4. The molecule has 2 aromatic heterocycles. The Balaban J connectivity index is 1.45. The maximum absolute atomic E-state index is 13.2. The first-order valence-corrected chi connectivity index (χ1v) is 11.6. The molecule has 1 N–H and O–H groups in total. The van der Waals surface area contributed by atoms with Crippen molar-refractivity contribution < 1.29 is 14.3 Å². The molecule has 1 fully saturated rings. The van der Waals surface area contributed by atoms with Crippen LogP contribution in [-0.4, -0.2) is 57.3 Å². The van der Waals surface area contributed by atoms with E-state index in [-0.39, 0.29) is 24.0 Å². The highest BCUT2D eigenvalue weighted by Gasteiger charge is 2.36. The maximum Gasteiger partial charge on any atom is 0.261 e. The molecule has 0 saturated carbocycles. The van der Waals surface area contributed by atoms with E-state index in [0.29, 0.717) is 46.4 Å². The zero-order valence-corrected chi connectivity index (χ0v) is 19.1. The number of H-pyrrole nitrogens is 1. The Bertz CT molecular complexity index is 1190. The molecule has 1 aliphatic rings. The summed E-state index contributed by atoms with van der Waals surface area (Å²) in [4.78, 5) is 48.1. The molecule has 4 rings (SSSR count). The van der Waals surface area contributed by atoms with Crippen LogP contribution >= 0.6 is 22.9 Å². The second kappa shape index (κ2) is 9.70. The van der Waals surface area contributed by atoms with Crippen LogP contribution in [0.2, 0.25) is 4.34 Å². The number of hydrogen-bond acceptors (Lipinski definition) is 6.